The molecule has 0 atom stereocenters. The molecule has 0 fully saturated rings. The van der Waals surface area contributed by atoms with Gasteiger partial charge in [-0.15, -0.1) is 0 Å². The zero-order valence-electron chi connectivity index (χ0n) is 10.1. The van der Waals surface area contributed by atoms with Crippen molar-refractivity contribution >= 4 is 17.7 Å². The fourth-order valence-corrected chi connectivity index (χ4v) is 2.22. The lowest BCUT2D eigenvalue weighted by molar-refractivity contribution is 0.0526. The summed E-state index contributed by atoms with van der Waals surface area (Å²) < 4.78 is 4.93. The molecule has 0 aliphatic rings. The van der Waals surface area contributed by atoms with Gasteiger partial charge in [0.25, 0.3) is 0 Å². The number of H-pyrrole nitrogens is 1. The van der Waals surface area contributed by atoms with Crippen molar-refractivity contribution in [2.75, 3.05) is 6.61 Å². The molecule has 0 aliphatic carbocycles. The van der Waals surface area contributed by atoms with Crippen LogP contribution in [0.3, 0.4) is 0 Å². The van der Waals surface area contributed by atoms with Crippen LogP contribution < -0.4 is 0 Å². The number of carbonyl (C=O) groups excluding carboxylic acids is 1. The van der Waals surface area contributed by atoms with Gasteiger partial charge >= 0.3 is 5.97 Å². The number of carbonyl (C=O) groups is 1. The van der Waals surface area contributed by atoms with Crippen LogP contribution in [0.1, 0.15) is 22.8 Å². The zero-order valence-corrected chi connectivity index (χ0v) is 10.9. The van der Waals surface area contributed by atoms with Gasteiger partial charge in [0.2, 0.25) is 0 Å². The minimum Gasteiger partial charge on any atom is -0.462 e. The van der Waals surface area contributed by atoms with E-state index in [-0.39, 0.29) is 5.97 Å². The number of hydrogen-bond acceptors (Lipinski definition) is 4. The second-order valence-electron chi connectivity index (χ2n) is 3.60. The van der Waals surface area contributed by atoms with Crippen molar-refractivity contribution in [3.8, 4) is 0 Å². The number of aromatic nitrogens is 2. The molecule has 18 heavy (non-hydrogen) atoms. The molecule has 0 saturated heterocycles. The first-order chi connectivity index (χ1) is 8.79. The van der Waals surface area contributed by atoms with Crippen LogP contribution in [0.15, 0.2) is 41.8 Å². The monoisotopic (exact) mass is 262 g/mol. The van der Waals surface area contributed by atoms with E-state index in [4.69, 9.17) is 4.74 Å². The van der Waals surface area contributed by atoms with Gasteiger partial charge in [0.15, 0.2) is 5.16 Å². The molecule has 1 aromatic carbocycles. The Morgan fingerprint density at radius 1 is 1.39 bits per heavy atom. The molecule has 0 spiro atoms. The van der Waals surface area contributed by atoms with Gasteiger partial charge < -0.3 is 9.72 Å². The summed E-state index contributed by atoms with van der Waals surface area (Å²) in [6.45, 7) is 2.20. The van der Waals surface area contributed by atoms with Crippen LogP contribution in [0.4, 0.5) is 0 Å². The molecule has 0 unspecified atom stereocenters. The van der Waals surface area contributed by atoms with Crippen LogP contribution in [-0.4, -0.2) is 22.5 Å². The highest BCUT2D eigenvalue weighted by molar-refractivity contribution is 7.98. The van der Waals surface area contributed by atoms with Crippen molar-refractivity contribution in [2.45, 2.75) is 17.8 Å². The highest BCUT2D eigenvalue weighted by Crippen LogP contribution is 2.19. The Kier molecular flexibility index (Phi) is 4.41. The molecule has 4 nitrogen and oxygen atoms in total. The molecule has 94 valence electrons. The average Bonchev–Trinajstić information content (AvgIpc) is 2.90. The third kappa shape index (κ3) is 3.37. The average molecular weight is 262 g/mol. The minimum atomic E-state index is -0.275. The van der Waals surface area contributed by atoms with Gasteiger partial charge in [-0.2, -0.15) is 0 Å². The Morgan fingerprint density at radius 3 is 2.78 bits per heavy atom. The number of thioether (sulfide) groups is 1. The highest BCUT2D eigenvalue weighted by atomic mass is 32.2. The van der Waals surface area contributed by atoms with Gasteiger partial charge in [-0.3, -0.25) is 0 Å². The molecule has 5 heteroatoms. The van der Waals surface area contributed by atoms with Gasteiger partial charge in [-0.25, -0.2) is 9.78 Å². The summed E-state index contributed by atoms with van der Waals surface area (Å²) in [5.41, 5.74) is 1.73. The predicted octanol–water partition coefficient (Wildman–Crippen LogP) is 2.88. The lowest BCUT2D eigenvalue weighted by Gasteiger charge is -2.03. The molecule has 0 amide bonds. The fraction of sp³-hybridized carbons (Fsp3) is 0.231. The number of ether oxygens (including phenoxy) is 1. The summed E-state index contributed by atoms with van der Waals surface area (Å²) in [6.07, 6.45) is 3.53. The lowest BCUT2D eigenvalue weighted by atomic mass is 10.1. The standard InChI is InChI=1S/C13H14N2O2S/c1-2-17-12(16)11-5-3-10(4-6-11)9-18-13-14-7-8-15-13/h3-8H,2,9H2,1H3,(H,14,15). The maximum absolute atomic E-state index is 11.5. The quantitative estimate of drug-likeness (QED) is 0.665. The smallest absolute Gasteiger partial charge is 0.338 e. The number of nitrogens with one attached hydrogen (secondary N) is 1. The minimum absolute atomic E-state index is 0.275. The second-order valence-corrected chi connectivity index (χ2v) is 4.56. The summed E-state index contributed by atoms with van der Waals surface area (Å²) in [5.74, 6) is 0.541. The maximum atomic E-state index is 11.5. The fourth-order valence-electron chi connectivity index (χ4n) is 1.43. The van der Waals surface area contributed by atoms with Crippen molar-refractivity contribution < 1.29 is 9.53 Å². The molecule has 2 rings (SSSR count). The summed E-state index contributed by atoms with van der Waals surface area (Å²) >= 11 is 1.62. The molecule has 0 aliphatic heterocycles. The Bertz CT molecular complexity index is 494. The molecule has 0 radical (unpaired) electrons. The van der Waals surface area contributed by atoms with Crippen LogP contribution in [0.5, 0.6) is 0 Å². The third-order valence-corrected chi connectivity index (χ3v) is 3.29. The summed E-state index contributed by atoms with van der Waals surface area (Å²) in [4.78, 5) is 18.6. The van der Waals surface area contributed by atoms with Crippen LogP contribution in [0.2, 0.25) is 0 Å². The third-order valence-electron chi connectivity index (χ3n) is 2.31. The topological polar surface area (TPSA) is 55.0 Å². The Labute approximate surface area is 110 Å². The normalized spacial score (nSPS) is 10.3. The van der Waals surface area contributed by atoms with E-state index in [1.807, 2.05) is 12.1 Å². The number of nitrogens with zero attached hydrogens (tertiary/aromatic N) is 1. The first-order valence-electron chi connectivity index (χ1n) is 5.68. The Balaban J connectivity index is 1.93. The van der Waals surface area contributed by atoms with Crippen LogP contribution in [-0.2, 0) is 10.5 Å². The molecule has 2 aromatic rings. The number of aromatic amines is 1. The van der Waals surface area contributed by atoms with Crippen molar-refractivity contribution in [1.82, 2.24) is 9.97 Å². The van der Waals surface area contributed by atoms with Crippen molar-refractivity contribution in [3.63, 3.8) is 0 Å². The predicted molar refractivity (Wildman–Crippen MR) is 70.5 cm³/mol. The van der Waals surface area contributed by atoms with E-state index in [9.17, 15) is 4.79 Å². The number of hydrogen-bond donors (Lipinski definition) is 1. The van der Waals surface area contributed by atoms with Gasteiger partial charge in [0.05, 0.1) is 12.2 Å². The molecule has 0 bridgehead atoms. The zero-order chi connectivity index (χ0) is 12.8. The van der Waals surface area contributed by atoms with Crippen LogP contribution in [0, 0.1) is 0 Å². The van der Waals surface area contributed by atoms with Crippen molar-refractivity contribution in [1.29, 1.82) is 0 Å². The van der Waals surface area contributed by atoms with E-state index in [2.05, 4.69) is 9.97 Å². The Hall–Kier alpha value is -1.75. The molecule has 1 heterocycles. The summed E-state index contributed by atoms with van der Waals surface area (Å²) in [5, 5.41) is 0.893. The molecule has 0 saturated carbocycles. The maximum Gasteiger partial charge on any atom is 0.338 e. The van der Waals surface area contributed by atoms with Gasteiger partial charge in [-0.1, -0.05) is 23.9 Å². The number of imidazole rings is 1. The van der Waals surface area contributed by atoms with Gasteiger partial charge in [0.1, 0.15) is 0 Å². The first kappa shape index (κ1) is 12.7. The number of rotatable bonds is 5. The summed E-state index contributed by atoms with van der Waals surface area (Å²) in [7, 11) is 0. The molecule has 1 aromatic heterocycles. The van der Waals surface area contributed by atoms with E-state index in [0.717, 1.165) is 16.5 Å². The molecular weight excluding hydrogens is 248 g/mol. The summed E-state index contributed by atoms with van der Waals surface area (Å²) in [6, 6.07) is 7.44. The Morgan fingerprint density at radius 2 is 2.17 bits per heavy atom. The first-order valence-corrected chi connectivity index (χ1v) is 6.66. The lowest BCUT2D eigenvalue weighted by Crippen LogP contribution is -2.04. The van der Waals surface area contributed by atoms with Crippen LogP contribution >= 0.6 is 11.8 Å². The highest BCUT2D eigenvalue weighted by Gasteiger charge is 2.05. The van der Waals surface area contributed by atoms with E-state index in [1.54, 1.807) is 43.2 Å². The van der Waals surface area contributed by atoms with Crippen molar-refractivity contribution in [3.05, 3.63) is 47.8 Å². The number of esters is 1. The number of benzene rings is 1. The van der Waals surface area contributed by atoms with E-state index in [0.29, 0.717) is 12.2 Å². The largest absolute Gasteiger partial charge is 0.462 e. The van der Waals surface area contributed by atoms with Crippen LogP contribution in [0.25, 0.3) is 0 Å². The van der Waals surface area contributed by atoms with E-state index < -0.39 is 0 Å². The molecule has 1 N–H and O–H groups in total. The van der Waals surface area contributed by atoms with Gasteiger partial charge in [-0.05, 0) is 24.6 Å². The van der Waals surface area contributed by atoms with E-state index >= 15 is 0 Å². The SMILES string of the molecule is CCOC(=O)c1ccc(CSc2ncc[nH]2)cc1. The molecular formula is C13H14N2O2S. The second kappa shape index (κ2) is 6.26. The van der Waals surface area contributed by atoms with E-state index in [1.165, 1.54) is 0 Å². The van der Waals surface area contributed by atoms with Gasteiger partial charge in [0, 0.05) is 18.1 Å². The van der Waals surface area contributed by atoms with Crippen molar-refractivity contribution in [2.24, 2.45) is 0 Å².